The van der Waals surface area contributed by atoms with Gasteiger partial charge < -0.3 is 5.32 Å². The Morgan fingerprint density at radius 2 is 2.13 bits per heavy atom. The summed E-state index contributed by atoms with van der Waals surface area (Å²) < 4.78 is 14.6. The maximum atomic E-state index is 13.0. The van der Waals surface area contributed by atoms with Gasteiger partial charge in [0.15, 0.2) is 5.65 Å². The van der Waals surface area contributed by atoms with Gasteiger partial charge in [-0.1, -0.05) is 12.1 Å². The predicted octanol–water partition coefficient (Wildman–Crippen LogP) is 2.49. The summed E-state index contributed by atoms with van der Waals surface area (Å²) in [5.41, 5.74) is 2.53. The SMILES string of the molecule is Cc1nn(C)c2n[nH]c(NC(=O)[C@@H]3C[C@H]3c3ccc(F)cc3)c12. The van der Waals surface area contributed by atoms with E-state index in [0.717, 1.165) is 23.1 Å². The van der Waals surface area contributed by atoms with Crippen molar-refractivity contribution in [3.05, 3.63) is 41.3 Å². The van der Waals surface area contributed by atoms with Crippen molar-refractivity contribution >= 4 is 22.8 Å². The minimum absolute atomic E-state index is 0.0480. The Kier molecular flexibility index (Phi) is 2.97. The van der Waals surface area contributed by atoms with Crippen molar-refractivity contribution < 1.29 is 9.18 Å². The van der Waals surface area contributed by atoms with Crippen LogP contribution in [0.2, 0.25) is 0 Å². The first-order chi connectivity index (χ1) is 11.0. The van der Waals surface area contributed by atoms with Gasteiger partial charge in [-0.25, -0.2) is 9.07 Å². The number of nitrogens with one attached hydrogen (secondary N) is 2. The number of H-pyrrole nitrogens is 1. The van der Waals surface area contributed by atoms with Gasteiger partial charge in [0.1, 0.15) is 11.6 Å². The van der Waals surface area contributed by atoms with E-state index in [-0.39, 0.29) is 23.6 Å². The lowest BCUT2D eigenvalue weighted by molar-refractivity contribution is -0.117. The van der Waals surface area contributed by atoms with E-state index in [1.165, 1.54) is 12.1 Å². The number of amides is 1. The molecule has 2 atom stereocenters. The minimum Gasteiger partial charge on any atom is -0.310 e. The fourth-order valence-corrected chi connectivity index (χ4v) is 3.10. The number of aromatic nitrogens is 4. The molecule has 0 saturated heterocycles. The Morgan fingerprint density at radius 1 is 1.39 bits per heavy atom. The van der Waals surface area contributed by atoms with Gasteiger partial charge in [0.25, 0.3) is 0 Å². The summed E-state index contributed by atoms with van der Waals surface area (Å²) in [7, 11) is 1.81. The fraction of sp³-hybridized carbons (Fsp3) is 0.312. The standard InChI is InChI=1S/C16H16FN5O/c1-8-13-14(19-20-15(13)22(2)21-8)18-16(23)12-7-11(12)9-3-5-10(17)6-4-9/h3-6,11-12H,7H2,1-2H3,(H2,18,19,20,23)/t11-,12+/m0/s1. The van der Waals surface area contributed by atoms with E-state index in [0.29, 0.717) is 11.5 Å². The summed E-state index contributed by atoms with van der Waals surface area (Å²) in [6, 6.07) is 6.35. The zero-order chi connectivity index (χ0) is 16.1. The molecule has 0 spiro atoms. The van der Waals surface area contributed by atoms with Gasteiger partial charge in [-0.15, -0.1) is 0 Å². The molecule has 1 amide bonds. The van der Waals surface area contributed by atoms with E-state index in [9.17, 15) is 9.18 Å². The molecule has 118 valence electrons. The second-order valence-electron chi connectivity index (χ2n) is 6.00. The molecule has 2 heterocycles. The molecule has 1 saturated carbocycles. The van der Waals surface area contributed by atoms with E-state index in [2.05, 4.69) is 20.6 Å². The quantitative estimate of drug-likeness (QED) is 0.780. The van der Waals surface area contributed by atoms with Crippen molar-refractivity contribution in [1.29, 1.82) is 0 Å². The molecule has 0 bridgehead atoms. The maximum Gasteiger partial charge on any atom is 0.229 e. The molecular weight excluding hydrogens is 297 g/mol. The Labute approximate surface area is 131 Å². The highest BCUT2D eigenvalue weighted by atomic mass is 19.1. The largest absolute Gasteiger partial charge is 0.310 e. The van der Waals surface area contributed by atoms with Crippen molar-refractivity contribution in [2.24, 2.45) is 13.0 Å². The molecule has 0 aliphatic heterocycles. The average molecular weight is 313 g/mol. The summed E-state index contributed by atoms with van der Waals surface area (Å²) in [6.07, 6.45) is 0.779. The second kappa shape index (κ2) is 4.91. The summed E-state index contributed by atoms with van der Waals surface area (Å²) in [6.45, 7) is 1.88. The fourth-order valence-electron chi connectivity index (χ4n) is 3.10. The molecule has 1 aliphatic rings. The number of hydrogen-bond acceptors (Lipinski definition) is 3. The molecule has 4 rings (SSSR count). The van der Waals surface area contributed by atoms with Gasteiger partial charge in [-0.05, 0) is 37.0 Å². The van der Waals surface area contributed by atoms with Gasteiger partial charge in [-0.2, -0.15) is 10.2 Å². The first kappa shape index (κ1) is 13.9. The lowest BCUT2D eigenvalue weighted by Crippen LogP contribution is -2.15. The Balaban J connectivity index is 1.51. The van der Waals surface area contributed by atoms with Crippen LogP contribution in [0.15, 0.2) is 24.3 Å². The number of anilines is 1. The first-order valence-electron chi connectivity index (χ1n) is 7.48. The van der Waals surface area contributed by atoms with Gasteiger partial charge in [0.2, 0.25) is 5.91 Å². The molecule has 3 aromatic rings. The second-order valence-corrected chi connectivity index (χ2v) is 6.00. The molecule has 6 nitrogen and oxygen atoms in total. The Bertz CT molecular complexity index is 895. The molecule has 7 heteroatoms. The van der Waals surface area contributed by atoms with Crippen LogP contribution in [-0.2, 0) is 11.8 Å². The number of benzene rings is 1. The van der Waals surface area contributed by atoms with Gasteiger partial charge in [0, 0.05) is 13.0 Å². The number of rotatable bonds is 3. The number of aromatic amines is 1. The third-order valence-corrected chi connectivity index (χ3v) is 4.39. The molecule has 2 aromatic heterocycles. The summed E-state index contributed by atoms with van der Waals surface area (Å²) in [5, 5.41) is 15.1. The highest BCUT2D eigenvalue weighted by molar-refractivity contribution is 6.02. The number of nitrogens with zero attached hydrogens (tertiary/aromatic N) is 3. The third-order valence-electron chi connectivity index (χ3n) is 4.39. The summed E-state index contributed by atoms with van der Waals surface area (Å²) >= 11 is 0. The van der Waals surface area contributed by atoms with Crippen LogP contribution in [-0.4, -0.2) is 25.9 Å². The molecule has 1 fully saturated rings. The van der Waals surface area contributed by atoms with Crippen molar-refractivity contribution in [2.45, 2.75) is 19.3 Å². The smallest absolute Gasteiger partial charge is 0.229 e. The van der Waals surface area contributed by atoms with Crippen LogP contribution in [0, 0.1) is 18.7 Å². The summed E-state index contributed by atoms with van der Waals surface area (Å²) in [4.78, 5) is 12.4. The predicted molar refractivity (Wildman–Crippen MR) is 83.5 cm³/mol. The number of carbonyl (C=O) groups excluding carboxylic acids is 1. The zero-order valence-electron chi connectivity index (χ0n) is 12.8. The van der Waals surface area contributed by atoms with E-state index in [1.54, 1.807) is 16.8 Å². The number of halogens is 1. The lowest BCUT2D eigenvalue weighted by atomic mass is 10.1. The number of fused-ring (bicyclic) bond motifs is 1. The van der Waals surface area contributed by atoms with Crippen LogP contribution in [0.3, 0.4) is 0 Å². The van der Waals surface area contributed by atoms with Crippen LogP contribution in [0.5, 0.6) is 0 Å². The van der Waals surface area contributed by atoms with Gasteiger partial charge in [-0.3, -0.25) is 9.89 Å². The molecule has 0 radical (unpaired) electrons. The summed E-state index contributed by atoms with van der Waals surface area (Å²) in [5.74, 6) is 0.343. The zero-order valence-corrected chi connectivity index (χ0v) is 12.8. The van der Waals surface area contributed by atoms with Gasteiger partial charge >= 0.3 is 0 Å². The third kappa shape index (κ3) is 2.28. The molecule has 1 aliphatic carbocycles. The Hall–Kier alpha value is -2.70. The van der Waals surface area contributed by atoms with Crippen LogP contribution in [0.4, 0.5) is 10.2 Å². The van der Waals surface area contributed by atoms with Crippen LogP contribution < -0.4 is 5.32 Å². The molecule has 23 heavy (non-hydrogen) atoms. The van der Waals surface area contributed by atoms with E-state index in [1.807, 2.05) is 14.0 Å². The number of hydrogen-bond donors (Lipinski definition) is 2. The highest BCUT2D eigenvalue weighted by Crippen LogP contribution is 2.48. The topological polar surface area (TPSA) is 75.6 Å². The van der Waals surface area contributed by atoms with E-state index in [4.69, 9.17) is 0 Å². The maximum absolute atomic E-state index is 13.0. The molecular formula is C16H16FN5O. The molecule has 2 N–H and O–H groups in total. The highest BCUT2D eigenvalue weighted by Gasteiger charge is 2.44. The Morgan fingerprint density at radius 3 is 2.87 bits per heavy atom. The van der Waals surface area contributed by atoms with Crippen molar-refractivity contribution in [3.63, 3.8) is 0 Å². The van der Waals surface area contributed by atoms with Crippen LogP contribution in [0.1, 0.15) is 23.6 Å². The monoisotopic (exact) mass is 313 g/mol. The van der Waals surface area contributed by atoms with Crippen molar-refractivity contribution in [2.75, 3.05) is 5.32 Å². The van der Waals surface area contributed by atoms with Crippen LogP contribution >= 0.6 is 0 Å². The van der Waals surface area contributed by atoms with E-state index < -0.39 is 0 Å². The number of carbonyl (C=O) groups is 1. The number of aryl methyl sites for hydroxylation is 2. The lowest BCUT2D eigenvalue weighted by Gasteiger charge is -2.03. The first-order valence-corrected chi connectivity index (χ1v) is 7.48. The van der Waals surface area contributed by atoms with E-state index >= 15 is 0 Å². The molecule has 0 unspecified atom stereocenters. The average Bonchev–Trinajstić information content (AvgIpc) is 3.13. The van der Waals surface area contributed by atoms with Crippen molar-refractivity contribution in [1.82, 2.24) is 20.0 Å². The van der Waals surface area contributed by atoms with Crippen molar-refractivity contribution in [3.8, 4) is 0 Å². The van der Waals surface area contributed by atoms with Crippen LogP contribution in [0.25, 0.3) is 11.0 Å². The minimum atomic E-state index is -0.262. The normalized spacial score (nSPS) is 20.0. The van der Waals surface area contributed by atoms with Gasteiger partial charge in [0.05, 0.1) is 11.1 Å². The molecule has 1 aromatic carbocycles.